The molecule has 6 heteroatoms. The highest BCUT2D eigenvalue weighted by Crippen LogP contribution is 2.27. The summed E-state index contributed by atoms with van der Waals surface area (Å²) < 4.78 is 5.28. The lowest BCUT2D eigenvalue weighted by molar-refractivity contribution is -0.130. The summed E-state index contributed by atoms with van der Waals surface area (Å²) >= 11 is 6.00. The maximum atomic E-state index is 12.4. The van der Waals surface area contributed by atoms with Crippen LogP contribution in [0.25, 0.3) is 0 Å². The van der Waals surface area contributed by atoms with Gasteiger partial charge in [-0.2, -0.15) is 0 Å². The molecule has 5 nitrogen and oxygen atoms in total. The summed E-state index contributed by atoms with van der Waals surface area (Å²) in [6.45, 7) is 3.01. The van der Waals surface area contributed by atoms with E-state index in [0.29, 0.717) is 10.8 Å². The second-order valence-electron chi connectivity index (χ2n) is 5.91. The van der Waals surface area contributed by atoms with E-state index < -0.39 is 0 Å². The Hall–Kier alpha value is -1.46. The van der Waals surface area contributed by atoms with Gasteiger partial charge >= 0.3 is 0 Å². The molecule has 1 aliphatic heterocycles. The number of rotatable bonds is 7. The summed E-state index contributed by atoms with van der Waals surface area (Å²) in [5.41, 5.74) is 0.747. The topological polar surface area (TPSA) is 53.6 Å². The number of likely N-dealkylation sites (tertiary alicyclic amines) is 1. The van der Waals surface area contributed by atoms with Gasteiger partial charge in [0.25, 0.3) is 0 Å². The second-order valence-corrected chi connectivity index (χ2v) is 6.35. The second kappa shape index (κ2) is 8.99. The molecule has 0 saturated carbocycles. The molecule has 0 aromatic heterocycles. The van der Waals surface area contributed by atoms with E-state index in [0.717, 1.165) is 44.1 Å². The predicted octanol–water partition coefficient (Wildman–Crippen LogP) is 2.61. The van der Waals surface area contributed by atoms with Gasteiger partial charge in [0.15, 0.2) is 0 Å². The monoisotopic (exact) mass is 339 g/mol. The molecule has 1 heterocycles. The Morgan fingerprint density at radius 3 is 2.78 bits per heavy atom. The highest BCUT2D eigenvalue weighted by atomic mass is 35.5. The predicted molar refractivity (Wildman–Crippen MR) is 94.3 cm³/mol. The number of amides is 1. The Balaban J connectivity index is 1.81. The number of anilines is 1. The van der Waals surface area contributed by atoms with Gasteiger partial charge in [0, 0.05) is 18.1 Å². The summed E-state index contributed by atoms with van der Waals surface area (Å²) in [4.78, 5) is 14.3. The van der Waals surface area contributed by atoms with Gasteiger partial charge in [-0.15, -0.1) is 0 Å². The van der Waals surface area contributed by atoms with Crippen LogP contribution in [0.2, 0.25) is 5.02 Å². The van der Waals surface area contributed by atoms with Crippen molar-refractivity contribution in [2.75, 3.05) is 45.7 Å². The number of nitrogens with zero attached hydrogens (tertiary/aromatic N) is 1. The van der Waals surface area contributed by atoms with E-state index in [1.54, 1.807) is 25.3 Å². The lowest BCUT2D eigenvalue weighted by Crippen LogP contribution is -2.41. The lowest BCUT2D eigenvalue weighted by atomic mass is 9.93. The molecule has 0 atom stereocenters. The number of nitrogens with one attached hydrogen (secondary N) is 2. The zero-order valence-corrected chi connectivity index (χ0v) is 14.7. The molecule has 1 aromatic carbocycles. The molecule has 2 rings (SSSR count). The number of piperidine rings is 1. The number of ether oxygens (including phenoxy) is 1. The third-order valence-electron chi connectivity index (χ3n) is 4.36. The molecule has 2 N–H and O–H groups in total. The molecule has 0 bridgehead atoms. The van der Waals surface area contributed by atoms with Gasteiger partial charge in [0.1, 0.15) is 5.75 Å². The number of hydrogen-bond donors (Lipinski definition) is 2. The zero-order chi connectivity index (χ0) is 16.7. The van der Waals surface area contributed by atoms with Crippen molar-refractivity contribution >= 4 is 23.2 Å². The van der Waals surface area contributed by atoms with Crippen LogP contribution in [0.5, 0.6) is 5.75 Å². The van der Waals surface area contributed by atoms with Crippen LogP contribution < -0.4 is 15.4 Å². The largest absolute Gasteiger partial charge is 0.495 e. The Labute approximate surface area is 143 Å². The van der Waals surface area contributed by atoms with Crippen LogP contribution >= 0.6 is 11.6 Å². The first-order valence-electron chi connectivity index (χ1n) is 8.13. The van der Waals surface area contributed by atoms with Crippen LogP contribution in [0, 0.1) is 5.92 Å². The van der Waals surface area contributed by atoms with Crippen molar-refractivity contribution in [3.63, 3.8) is 0 Å². The third-order valence-corrected chi connectivity index (χ3v) is 4.60. The number of halogens is 1. The van der Waals surface area contributed by atoms with Crippen molar-refractivity contribution in [1.29, 1.82) is 0 Å². The minimum atomic E-state index is 0.124. The SMILES string of the molecule is CNCCC1CCN(C(=O)CNc2cc(Cl)ccc2OC)CC1. The summed E-state index contributed by atoms with van der Waals surface area (Å²) in [6.07, 6.45) is 3.37. The Bertz CT molecular complexity index is 517. The average Bonchev–Trinajstić information content (AvgIpc) is 2.58. The zero-order valence-electron chi connectivity index (χ0n) is 13.9. The number of methoxy groups -OCH3 is 1. The Morgan fingerprint density at radius 1 is 1.39 bits per heavy atom. The van der Waals surface area contributed by atoms with Gasteiger partial charge in [0.2, 0.25) is 5.91 Å². The molecule has 1 aromatic rings. The average molecular weight is 340 g/mol. The smallest absolute Gasteiger partial charge is 0.241 e. The summed E-state index contributed by atoms with van der Waals surface area (Å²) in [7, 11) is 3.58. The van der Waals surface area contributed by atoms with Crippen molar-refractivity contribution in [2.24, 2.45) is 5.92 Å². The fraction of sp³-hybridized carbons (Fsp3) is 0.588. The van der Waals surface area contributed by atoms with Crippen LogP contribution in [0.4, 0.5) is 5.69 Å². The lowest BCUT2D eigenvalue weighted by Gasteiger charge is -2.32. The fourth-order valence-corrected chi connectivity index (χ4v) is 3.09. The normalized spacial score (nSPS) is 15.5. The van der Waals surface area contributed by atoms with Gasteiger partial charge in [-0.3, -0.25) is 4.79 Å². The molecule has 1 saturated heterocycles. The van der Waals surface area contributed by atoms with Gasteiger partial charge in [-0.25, -0.2) is 0 Å². The molecular weight excluding hydrogens is 314 g/mol. The summed E-state index contributed by atoms with van der Waals surface area (Å²) in [6, 6.07) is 5.34. The molecule has 1 amide bonds. The van der Waals surface area contributed by atoms with Crippen LogP contribution in [0.1, 0.15) is 19.3 Å². The van der Waals surface area contributed by atoms with Crippen molar-refractivity contribution in [3.05, 3.63) is 23.2 Å². The van der Waals surface area contributed by atoms with Crippen molar-refractivity contribution in [2.45, 2.75) is 19.3 Å². The molecule has 128 valence electrons. The highest BCUT2D eigenvalue weighted by molar-refractivity contribution is 6.30. The molecule has 0 radical (unpaired) electrons. The number of carbonyl (C=O) groups excluding carboxylic acids is 1. The van der Waals surface area contributed by atoms with Gasteiger partial charge in [-0.05, 0) is 57.0 Å². The molecule has 0 aliphatic carbocycles. The van der Waals surface area contributed by atoms with E-state index in [9.17, 15) is 4.79 Å². The van der Waals surface area contributed by atoms with E-state index in [1.807, 2.05) is 11.9 Å². The first-order chi connectivity index (χ1) is 11.1. The minimum absolute atomic E-state index is 0.124. The maximum Gasteiger partial charge on any atom is 0.241 e. The number of benzene rings is 1. The first-order valence-corrected chi connectivity index (χ1v) is 8.51. The van der Waals surface area contributed by atoms with Gasteiger partial charge < -0.3 is 20.3 Å². The molecule has 0 unspecified atom stereocenters. The number of carbonyl (C=O) groups is 1. The standard InChI is InChI=1S/C17H26ClN3O2/c1-19-8-5-13-6-9-21(10-7-13)17(22)12-20-15-11-14(18)3-4-16(15)23-2/h3-4,11,13,19-20H,5-10,12H2,1-2H3. The van der Waals surface area contributed by atoms with Gasteiger partial charge in [0.05, 0.1) is 19.3 Å². The van der Waals surface area contributed by atoms with Crippen LogP contribution in [0.15, 0.2) is 18.2 Å². The van der Waals surface area contributed by atoms with Crippen molar-refractivity contribution < 1.29 is 9.53 Å². The quantitative estimate of drug-likeness (QED) is 0.801. The number of hydrogen-bond acceptors (Lipinski definition) is 4. The maximum absolute atomic E-state index is 12.4. The van der Waals surface area contributed by atoms with E-state index >= 15 is 0 Å². The van der Waals surface area contributed by atoms with E-state index in [-0.39, 0.29) is 12.5 Å². The van der Waals surface area contributed by atoms with Crippen LogP contribution in [-0.2, 0) is 4.79 Å². The van der Waals surface area contributed by atoms with E-state index in [1.165, 1.54) is 6.42 Å². The van der Waals surface area contributed by atoms with Gasteiger partial charge in [-0.1, -0.05) is 11.6 Å². The first kappa shape index (κ1) is 17.9. The molecular formula is C17H26ClN3O2. The summed E-state index contributed by atoms with van der Waals surface area (Å²) in [5.74, 6) is 1.54. The molecule has 23 heavy (non-hydrogen) atoms. The van der Waals surface area contributed by atoms with E-state index in [2.05, 4.69) is 10.6 Å². The Morgan fingerprint density at radius 2 is 2.13 bits per heavy atom. The van der Waals surface area contributed by atoms with E-state index in [4.69, 9.17) is 16.3 Å². The Kier molecular flexibility index (Phi) is 6.99. The van der Waals surface area contributed by atoms with Crippen LogP contribution in [0.3, 0.4) is 0 Å². The molecule has 1 aliphatic rings. The highest BCUT2D eigenvalue weighted by Gasteiger charge is 2.22. The van der Waals surface area contributed by atoms with Crippen LogP contribution in [-0.4, -0.2) is 51.1 Å². The van der Waals surface area contributed by atoms with Crippen molar-refractivity contribution in [1.82, 2.24) is 10.2 Å². The summed E-state index contributed by atoms with van der Waals surface area (Å²) in [5, 5.41) is 6.94. The van der Waals surface area contributed by atoms with Crippen molar-refractivity contribution in [3.8, 4) is 5.75 Å². The third kappa shape index (κ3) is 5.29. The fourth-order valence-electron chi connectivity index (χ4n) is 2.92. The molecule has 0 spiro atoms. The minimum Gasteiger partial charge on any atom is -0.495 e. The molecule has 1 fully saturated rings.